The van der Waals surface area contributed by atoms with Gasteiger partial charge in [-0.05, 0) is 43.7 Å². The zero-order valence-corrected chi connectivity index (χ0v) is 15.6. The van der Waals surface area contributed by atoms with Crippen molar-refractivity contribution in [2.24, 2.45) is 0 Å². The third-order valence-electron chi connectivity index (χ3n) is 4.95. The Balaban J connectivity index is 1.63. The maximum Gasteiger partial charge on any atom is 0.245 e. The molecular formula is C20H24N2O2S. The van der Waals surface area contributed by atoms with Crippen molar-refractivity contribution in [3.8, 4) is 0 Å². The average molecular weight is 356 g/mol. The van der Waals surface area contributed by atoms with Crippen LogP contribution < -0.4 is 5.32 Å². The van der Waals surface area contributed by atoms with E-state index < -0.39 is 5.54 Å². The van der Waals surface area contributed by atoms with Crippen LogP contribution in [0.2, 0.25) is 0 Å². The van der Waals surface area contributed by atoms with E-state index >= 15 is 0 Å². The van der Waals surface area contributed by atoms with Gasteiger partial charge in [-0.1, -0.05) is 35.9 Å². The molecule has 1 fully saturated rings. The van der Waals surface area contributed by atoms with E-state index in [1.807, 2.05) is 49.6 Å². The molecule has 1 atom stereocenters. The molecule has 1 aromatic heterocycles. The van der Waals surface area contributed by atoms with Crippen LogP contribution in [0.4, 0.5) is 0 Å². The second-order valence-electron chi connectivity index (χ2n) is 6.82. The summed E-state index contributed by atoms with van der Waals surface area (Å²) < 4.78 is 0. The van der Waals surface area contributed by atoms with Crippen LogP contribution in [0.25, 0.3) is 0 Å². The smallest absolute Gasteiger partial charge is 0.245 e. The number of likely N-dealkylation sites (tertiary alicyclic amines) is 1. The molecule has 2 aromatic rings. The van der Waals surface area contributed by atoms with Gasteiger partial charge in [0.15, 0.2) is 0 Å². The van der Waals surface area contributed by atoms with Crippen LogP contribution in [-0.4, -0.2) is 28.8 Å². The standard InChI is InChI=1S/C20H24N2O2S/c1-15-5-7-16(8-6-15)14-21-19(24)20(2)11-9-18(23)22(20)12-10-17-4-3-13-25-17/h3-8,13H,9-12,14H2,1-2H3,(H,21,24)/t20-/m0/s1. The maximum absolute atomic E-state index is 12.8. The highest BCUT2D eigenvalue weighted by Crippen LogP contribution is 2.31. The number of thiophene rings is 1. The van der Waals surface area contributed by atoms with Crippen molar-refractivity contribution < 1.29 is 9.59 Å². The monoisotopic (exact) mass is 356 g/mol. The lowest BCUT2D eigenvalue weighted by molar-refractivity contribution is -0.140. The Bertz CT molecular complexity index is 740. The molecule has 25 heavy (non-hydrogen) atoms. The molecule has 0 spiro atoms. The molecule has 0 unspecified atom stereocenters. The summed E-state index contributed by atoms with van der Waals surface area (Å²) in [7, 11) is 0. The van der Waals surface area contributed by atoms with E-state index in [0.717, 1.165) is 12.0 Å². The molecule has 5 heteroatoms. The van der Waals surface area contributed by atoms with Crippen LogP contribution in [0.3, 0.4) is 0 Å². The van der Waals surface area contributed by atoms with Gasteiger partial charge in [0.1, 0.15) is 5.54 Å². The van der Waals surface area contributed by atoms with Crippen molar-refractivity contribution in [3.05, 3.63) is 57.8 Å². The number of carbonyl (C=O) groups is 2. The number of benzene rings is 1. The first-order valence-corrected chi connectivity index (χ1v) is 9.54. The quantitative estimate of drug-likeness (QED) is 0.863. The summed E-state index contributed by atoms with van der Waals surface area (Å²) >= 11 is 1.69. The van der Waals surface area contributed by atoms with Crippen LogP contribution in [0.5, 0.6) is 0 Å². The molecule has 1 aliphatic heterocycles. The highest BCUT2D eigenvalue weighted by molar-refractivity contribution is 7.09. The Morgan fingerprint density at radius 3 is 2.72 bits per heavy atom. The van der Waals surface area contributed by atoms with Gasteiger partial charge in [0.25, 0.3) is 0 Å². The number of hydrogen-bond donors (Lipinski definition) is 1. The highest BCUT2D eigenvalue weighted by Gasteiger charge is 2.46. The van der Waals surface area contributed by atoms with Gasteiger partial charge >= 0.3 is 0 Å². The molecule has 0 radical (unpaired) electrons. The summed E-state index contributed by atoms with van der Waals surface area (Å²) in [6, 6.07) is 12.2. The lowest BCUT2D eigenvalue weighted by Gasteiger charge is -2.34. The van der Waals surface area contributed by atoms with Crippen molar-refractivity contribution in [1.29, 1.82) is 0 Å². The molecule has 2 heterocycles. The fourth-order valence-electron chi connectivity index (χ4n) is 3.26. The van der Waals surface area contributed by atoms with E-state index in [1.54, 1.807) is 16.2 Å². The molecule has 3 rings (SSSR count). The van der Waals surface area contributed by atoms with Crippen molar-refractivity contribution in [1.82, 2.24) is 10.2 Å². The van der Waals surface area contributed by atoms with Crippen LogP contribution >= 0.6 is 11.3 Å². The summed E-state index contributed by atoms with van der Waals surface area (Å²) in [6.07, 6.45) is 1.82. The van der Waals surface area contributed by atoms with E-state index in [-0.39, 0.29) is 11.8 Å². The second-order valence-corrected chi connectivity index (χ2v) is 7.85. The van der Waals surface area contributed by atoms with Gasteiger partial charge in [0.2, 0.25) is 11.8 Å². The molecule has 0 bridgehead atoms. The number of hydrogen-bond acceptors (Lipinski definition) is 3. The van der Waals surface area contributed by atoms with E-state index in [0.29, 0.717) is 25.9 Å². The molecule has 1 saturated heterocycles. The Morgan fingerprint density at radius 2 is 2.04 bits per heavy atom. The first-order chi connectivity index (χ1) is 12.0. The molecule has 1 N–H and O–H groups in total. The van der Waals surface area contributed by atoms with Crippen LogP contribution in [-0.2, 0) is 22.6 Å². The molecule has 1 aromatic carbocycles. The van der Waals surface area contributed by atoms with Gasteiger partial charge < -0.3 is 10.2 Å². The fourth-order valence-corrected chi connectivity index (χ4v) is 3.96. The van der Waals surface area contributed by atoms with Crippen molar-refractivity contribution in [2.75, 3.05) is 6.54 Å². The Labute approximate surface area is 152 Å². The van der Waals surface area contributed by atoms with E-state index in [9.17, 15) is 9.59 Å². The average Bonchev–Trinajstić information content (AvgIpc) is 3.22. The number of amides is 2. The summed E-state index contributed by atoms with van der Waals surface area (Å²) in [5.74, 6) is 0.00893. The number of rotatable bonds is 6. The normalized spacial score (nSPS) is 20.1. The molecule has 0 aliphatic carbocycles. The summed E-state index contributed by atoms with van der Waals surface area (Å²) in [5, 5.41) is 5.05. The molecule has 2 amide bonds. The zero-order chi connectivity index (χ0) is 17.9. The minimum absolute atomic E-state index is 0.0647. The van der Waals surface area contributed by atoms with Gasteiger partial charge in [-0.25, -0.2) is 0 Å². The zero-order valence-electron chi connectivity index (χ0n) is 14.7. The van der Waals surface area contributed by atoms with Gasteiger partial charge in [0, 0.05) is 24.4 Å². The minimum atomic E-state index is -0.751. The predicted molar refractivity (Wildman–Crippen MR) is 100 cm³/mol. The number of carbonyl (C=O) groups excluding carboxylic acids is 2. The summed E-state index contributed by atoms with van der Waals surface area (Å²) in [5.41, 5.74) is 1.51. The minimum Gasteiger partial charge on any atom is -0.350 e. The number of aryl methyl sites for hydroxylation is 1. The maximum atomic E-state index is 12.8. The summed E-state index contributed by atoms with van der Waals surface area (Å²) in [6.45, 7) is 5.01. The van der Waals surface area contributed by atoms with Crippen molar-refractivity contribution in [3.63, 3.8) is 0 Å². The fraction of sp³-hybridized carbons (Fsp3) is 0.400. The molecular weight excluding hydrogens is 332 g/mol. The van der Waals surface area contributed by atoms with E-state index in [2.05, 4.69) is 11.4 Å². The third kappa shape index (κ3) is 3.93. The molecule has 1 aliphatic rings. The predicted octanol–water partition coefficient (Wildman–Crippen LogP) is 3.30. The lowest BCUT2D eigenvalue weighted by atomic mass is 9.97. The topological polar surface area (TPSA) is 49.4 Å². The Morgan fingerprint density at radius 1 is 1.28 bits per heavy atom. The Hall–Kier alpha value is -2.14. The SMILES string of the molecule is Cc1ccc(CNC(=O)[C@]2(C)CCC(=O)N2CCc2cccs2)cc1. The number of nitrogens with one attached hydrogen (secondary N) is 1. The molecule has 4 nitrogen and oxygen atoms in total. The molecule has 132 valence electrons. The van der Waals surface area contributed by atoms with Crippen LogP contribution in [0, 0.1) is 6.92 Å². The van der Waals surface area contributed by atoms with Gasteiger partial charge in [-0.3, -0.25) is 9.59 Å². The largest absolute Gasteiger partial charge is 0.350 e. The number of nitrogens with zero attached hydrogens (tertiary/aromatic N) is 1. The van der Waals surface area contributed by atoms with E-state index in [1.165, 1.54) is 10.4 Å². The molecule has 0 saturated carbocycles. The van der Waals surface area contributed by atoms with E-state index in [4.69, 9.17) is 0 Å². The highest BCUT2D eigenvalue weighted by atomic mass is 32.1. The Kier molecular flexibility index (Phi) is 5.23. The van der Waals surface area contributed by atoms with Gasteiger partial charge in [-0.2, -0.15) is 0 Å². The first kappa shape index (κ1) is 17.7. The van der Waals surface area contributed by atoms with Gasteiger partial charge in [0.05, 0.1) is 0 Å². The second kappa shape index (κ2) is 7.40. The lowest BCUT2D eigenvalue weighted by Crippen LogP contribution is -2.54. The first-order valence-electron chi connectivity index (χ1n) is 8.66. The van der Waals surface area contributed by atoms with Crippen molar-refractivity contribution >= 4 is 23.2 Å². The third-order valence-corrected chi connectivity index (χ3v) is 5.88. The van der Waals surface area contributed by atoms with Gasteiger partial charge in [-0.15, -0.1) is 11.3 Å². The van der Waals surface area contributed by atoms with Crippen molar-refractivity contribution in [2.45, 2.75) is 45.2 Å². The van der Waals surface area contributed by atoms with Crippen LogP contribution in [0.15, 0.2) is 41.8 Å². The van der Waals surface area contributed by atoms with Crippen LogP contribution in [0.1, 0.15) is 35.8 Å². The summed E-state index contributed by atoms with van der Waals surface area (Å²) in [4.78, 5) is 28.1.